The first-order valence-corrected chi connectivity index (χ1v) is 4.61. The minimum Gasteiger partial charge on any atom is -0.508 e. The van der Waals surface area contributed by atoms with Crippen molar-refractivity contribution >= 4 is 5.57 Å². The van der Waals surface area contributed by atoms with Gasteiger partial charge in [-0.05, 0) is 29.7 Å². The van der Waals surface area contributed by atoms with Crippen molar-refractivity contribution in [2.75, 3.05) is 0 Å². The van der Waals surface area contributed by atoms with Gasteiger partial charge >= 0.3 is 0 Å². The molecule has 72 valence electrons. The lowest BCUT2D eigenvalue weighted by Crippen LogP contribution is -2.08. The van der Waals surface area contributed by atoms with Crippen LogP contribution in [0.15, 0.2) is 42.5 Å². The molecule has 2 nitrogen and oxygen atoms in total. The number of phenols is 1. The molecule has 2 heteroatoms. The van der Waals surface area contributed by atoms with E-state index in [1.54, 1.807) is 18.2 Å². The number of aromatic hydroxyl groups is 1. The Morgan fingerprint density at radius 2 is 1.86 bits per heavy atom. The highest BCUT2D eigenvalue weighted by atomic mass is 16.3. The summed E-state index contributed by atoms with van der Waals surface area (Å²) in [5.74, 6) is 0.246. The van der Waals surface area contributed by atoms with Crippen molar-refractivity contribution in [1.29, 1.82) is 0 Å². The third-order valence-corrected chi connectivity index (χ3v) is 2.31. The molecule has 0 heterocycles. The van der Waals surface area contributed by atoms with Gasteiger partial charge in [-0.1, -0.05) is 30.4 Å². The molecule has 0 fully saturated rings. The fourth-order valence-electron chi connectivity index (χ4n) is 1.57. The lowest BCUT2D eigenvalue weighted by atomic mass is 9.96. The minimum absolute atomic E-state index is 0.246. The van der Waals surface area contributed by atoms with Gasteiger partial charge in [0.1, 0.15) is 5.75 Å². The topological polar surface area (TPSA) is 40.5 Å². The van der Waals surface area contributed by atoms with Crippen molar-refractivity contribution in [1.82, 2.24) is 0 Å². The Labute approximate surface area is 82.8 Å². The van der Waals surface area contributed by atoms with Gasteiger partial charge in [-0.25, -0.2) is 0 Å². The van der Waals surface area contributed by atoms with Crippen molar-refractivity contribution in [2.45, 2.75) is 12.5 Å². The molecular formula is C12H12O2. The van der Waals surface area contributed by atoms with E-state index in [1.807, 2.05) is 24.3 Å². The van der Waals surface area contributed by atoms with Crippen LogP contribution in [0.4, 0.5) is 0 Å². The predicted octanol–water partition coefficient (Wildman–Crippen LogP) is 2.10. The highest BCUT2D eigenvalue weighted by Crippen LogP contribution is 2.24. The van der Waals surface area contributed by atoms with E-state index in [9.17, 15) is 5.11 Å². The van der Waals surface area contributed by atoms with Gasteiger partial charge in [0, 0.05) is 0 Å². The number of benzene rings is 1. The zero-order chi connectivity index (χ0) is 9.97. The number of hydrogen-bond donors (Lipinski definition) is 2. The summed E-state index contributed by atoms with van der Waals surface area (Å²) >= 11 is 0. The van der Waals surface area contributed by atoms with Gasteiger partial charge in [-0.3, -0.25) is 0 Å². The van der Waals surface area contributed by atoms with Crippen LogP contribution in [-0.4, -0.2) is 16.3 Å². The Kier molecular flexibility index (Phi) is 2.37. The summed E-state index contributed by atoms with van der Waals surface area (Å²) in [5, 5.41) is 18.8. The molecule has 1 aliphatic rings. The average molecular weight is 188 g/mol. The second kappa shape index (κ2) is 3.68. The van der Waals surface area contributed by atoms with Crippen LogP contribution < -0.4 is 0 Å². The second-order valence-corrected chi connectivity index (χ2v) is 3.32. The molecule has 14 heavy (non-hydrogen) atoms. The zero-order valence-electron chi connectivity index (χ0n) is 7.72. The molecule has 0 saturated carbocycles. The molecule has 0 amide bonds. The lowest BCUT2D eigenvalue weighted by molar-refractivity contribution is 0.278. The van der Waals surface area contributed by atoms with Crippen LogP contribution in [0.25, 0.3) is 5.57 Å². The molecular weight excluding hydrogens is 176 g/mol. The largest absolute Gasteiger partial charge is 0.508 e. The maximum absolute atomic E-state index is 9.67. The van der Waals surface area contributed by atoms with Crippen LogP contribution >= 0.6 is 0 Å². The summed E-state index contributed by atoms with van der Waals surface area (Å²) in [6.45, 7) is 0. The highest BCUT2D eigenvalue weighted by Gasteiger charge is 2.11. The molecule has 2 N–H and O–H groups in total. The van der Waals surface area contributed by atoms with Gasteiger partial charge in [-0.2, -0.15) is 0 Å². The summed E-state index contributed by atoms with van der Waals surface area (Å²) in [7, 11) is 0. The predicted molar refractivity (Wildman–Crippen MR) is 55.8 cm³/mol. The van der Waals surface area contributed by atoms with Crippen LogP contribution in [0.3, 0.4) is 0 Å². The summed E-state index contributed by atoms with van der Waals surface area (Å²) in [6.07, 6.45) is 6.05. The van der Waals surface area contributed by atoms with Crippen LogP contribution in [0, 0.1) is 0 Å². The van der Waals surface area contributed by atoms with Crippen molar-refractivity contribution in [2.24, 2.45) is 0 Å². The number of aliphatic hydroxyl groups excluding tert-OH is 1. The molecule has 0 saturated heterocycles. The molecule has 1 aromatic rings. The third kappa shape index (κ3) is 1.70. The Hall–Kier alpha value is -1.54. The molecule has 0 spiro atoms. The van der Waals surface area contributed by atoms with Crippen molar-refractivity contribution < 1.29 is 10.2 Å². The number of rotatable bonds is 1. The molecule has 2 rings (SSSR count). The minimum atomic E-state index is -0.520. The van der Waals surface area contributed by atoms with Crippen LogP contribution in [0.2, 0.25) is 0 Å². The Balaban J connectivity index is 2.31. The van der Waals surface area contributed by atoms with Gasteiger partial charge in [0.05, 0.1) is 6.10 Å². The smallest absolute Gasteiger partial charge is 0.115 e. The van der Waals surface area contributed by atoms with Gasteiger partial charge in [0.25, 0.3) is 0 Å². The standard InChI is InChI=1S/C12H12O2/c13-10-7-5-9(6-8-10)11-3-1-2-4-12(11)14/h2-8,12-14H,1H2. The molecule has 0 radical (unpaired) electrons. The third-order valence-electron chi connectivity index (χ3n) is 2.31. The quantitative estimate of drug-likeness (QED) is 0.662. The summed E-state index contributed by atoms with van der Waals surface area (Å²) in [5.41, 5.74) is 1.87. The monoisotopic (exact) mass is 188 g/mol. The van der Waals surface area contributed by atoms with E-state index >= 15 is 0 Å². The summed E-state index contributed by atoms with van der Waals surface area (Å²) < 4.78 is 0. The van der Waals surface area contributed by atoms with Gasteiger partial charge in [0.15, 0.2) is 0 Å². The molecule has 1 aliphatic carbocycles. The Morgan fingerprint density at radius 3 is 2.50 bits per heavy atom. The van der Waals surface area contributed by atoms with Gasteiger partial charge < -0.3 is 10.2 Å². The van der Waals surface area contributed by atoms with E-state index in [4.69, 9.17) is 5.11 Å². The number of aliphatic hydroxyl groups is 1. The number of allylic oxidation sites excluding steroid dienone is 2. The van der Waals surface area contributed by atoms with E-state index < -0.39 is 6.10 Å². The first-order valence-electron chi connectivity index (χ1n) is 4.61. The molecule has 1 unspecified atom stereocenters. The summed E-state index contributed by atoms with van der Waals surface area (Å²) in [4.78, 5) is 0. The van der Waals surface area contributed by atoms with E-state index in [2.05, 4.69) is 0 Å². The number of hydrogen-bond acceptors (Lipinski definition) is 2. The van der Waals surface area contributed by atoms with Gasteiger partial charge in [0.2, 0.25) is 0 Å². The molecule has 0 bridgehead atoms. The van der Waals surface area contributed by atoms with E-state index in [0.717, 1.165) is 17.6 Å². The second-order valence-electron chi connectivity index (χ2n) is 3.32. The number of phenolic OH excluding ortho intramolecular Hbond substituents is 1. The fraction of sp³-hybridized carbons (Fsp3) is 0.167. The Morgan fingerprint density at radius 1 is 1.14 bits per heavy atom. The Bertz CT molecular complexity index is 374. The first-order chi connectivity index (χ1) is 6.77. The zero-order valence-corrected chi connectivity index (χ0v) is 7.72. The highest BCUT2D eigenvalue weighted by molar-refractivity contribution is 5.71. The maximum atomic E-state index is 9.67. The van der Waals surface area contributed by atoms with Crippen LogP contribution in [0.1, 0.15) is 12.0 Å². The van der Waals surface area contributed by atoms with E-state index in [1.165, 1.54) is 0 Å². The van der Waals surface area contributed by atoms with Crippen molar-refractivity contribution in [3.8, 4) is 5.75 Å². The van der Waals surface area contributed by atoms with E-state index in [0.29, 0.717) is 0 Å². The van der Waals surface area contributed by atoms with E-state index in [-0.39, 0.29) is 5.75 Å². The fourth-order valence-corrected chi connectivity index (χ4v) is 1.57. The normalized spacial score (nSPS) is 20.6. The first kappa shape index (κ1) is 9.03. The molecule has 0 aliphatic heterocycles. The van der Waals surface area contributed by atoms with Crippen molar-refractivity contribution in [3.05, 3.63) is 48.1 Å². The van der Waals surface area contributed by atoms with Crippen LogP contribution in [0.5, 0.6) is 5.75 Å². The lowest BCUT2D eigenvalue weighted by Gasteiger charge is -2.15. The maximum Gasteiger partial charge on any atom is 0.115 e. The van der Waals surface area contributed by atoms with Crippen molar-refractivity contribution in [3.63, 3.8) is 0 Å². The van der Waals surface area contributed by atoms with Gasteiger partial charge in [-0.15, -0.1) is 0 Å². The molecule has 1 atom stereocenters. The average Bonchev–Trinajstić information content (AvgIpc) is 2.20. The molecule has 0 aromatic heterocycles. The summed E-state index contributed by atoms with van der Waals surface area (Å²) in [6, 6.07) is 6.87. The van der Waals surface area contributed by atoms with Crippen LogP contribution in [-0.2, 0) is 0 Å². The SMILES string of the molecule is Oc1ccc(C2=CCC=CC2O)cc1. The molecule has 1 aromatic carbocycles.